The molecular weight excluding hydrogens is 340 g/mol. The van der Waals surface area contributed by atoms with Gasteiger partial charge in [0.15, 0.2) is 0 Å². The number of unbranched alkanes of at least 4 members (excludes halogenated alkanes) is 7. The van der Waals surface area contributed by atoms with Crippen molar-refractivity contribution in [2.45, 2.75) is 83.5 Å². The summed E-state index contributed by atoms with van der Waals surface area (Å²) in [4.78, 5) is 10.2. The summed E-state index contributed by atoms with van der Waals surface area (Å²) in [5.74, 6) is -0.661. The molecule has 1 aromatic rings. The van der Waals surface area contributed by atoms with Crippen molar-refractivity contribution in [1.29, 1.82) is 0 Å². The van der Waals surface area contributed by atoms with E-state index < -0.39 is 16.1 Å². The minimum atomic E-state index is -4.06. The smallest absolute Gasteiger partial charge is 0.303 e. The third-order valence-electron chi connectivity index (χ3n) is 4.08. The van der Waals surface area contributed by atoms with Crippen LogP contribution in [-0.2, 0) is 14.9 Å². The molecule has 0 fully saturated rings. The van der Waals surface area contributed by atoms with E-state index in [-0.39, 0.29) is 4.90 Å². The number of carboxylic acid groups (broad SMARTS) is 1. The number of benzene rings is 1. The molecule has 0 aromatic heterocycles. The van der Waals surface area contributed by atoms with Crippen molar-refractivity contribution in [3.63, 3.8) is 0 Å². The van der Waals surface area contributed by atoms with Crippen molar-refractivity contribution in [2.24, 2.45) is 0 Å². The van der Waals surface area contributed by atoms with Gasteiger partial charge in [-0.3, -0.25) is 9.35 Å². The van der Waals surface area contributed by atoms with Crippen LogP contribution in [0.4, 0.5) is 0 Å². The quantitative estimate of drug-likeness (QED) is 0.437. The van der Waals surface area contributed by atoms with Gasteiger partial charge >= 0.3 is 5.97 Å². The Kier molecular flexibility index (Phi) is 12.2. The molecule has 2 N–H and O–H groups in total. The van der Waals surface area contributed by atoms with E-state index in [1.54, 1.807) is 26.0 Å². The minimum absolute atomic E-state index is 0.0116. The Morgan fingerprint density at radius 2 is 1.48 bits per heavy atom. The Bertz CT molecular complexity index is 608. The van der Waals surface area contributed by atoms with Gasteiger partial charge in [0.05, 0.1) is 4.90 Å². The van der Waals surface area contributed by atoms with Crippen LogP contribution < -0.4 is 0 Å². The summed E-state index contributed by atoms with van der Waals surface area (Å²) in [6.45, 7) is 5.68. The number of rotatable bonds is 10. The number of hydrogen-bond acceptors (Lipinski definition) is 3. The van der Waals surface area contributed by atoms with Crippen LogP contribution >= 0.6 is 0 Å². The van der Waals surface area contributed by atoms with Gasteiger partial charge in [0.25, 0.3) is 10.1 Å². The van der Waals surface area contributed by atoms with Crippen LogP contribution in [-0.4, -0.2) is 24.0 Å². The topological polar surface area (TPSA) is 91.7 Å². The van der Waals surface area contributed by atoms with Crippen molar-refractivity contribution in [3.8, 4) is 0 Å². The molecule has 0 saturated carbocycles. The molecule has 6 heteroatoms. The Balaban J connectivity index is 0.000000462. The van der Waals surface area contributed by atoms with E-state index in [0.717, 1.165) is 18.4 Å². The normalized spacial score (nSPS) is 10.9. The molecule has 144 valence electrons. The molecule has 0 aliphatic rings. The molecule has 0 unspecified atom stereocenters. The maximum absolute atomic E-state index is 10.8. The SMILES string of the molecule is CCCCCCCCCCC(=O)O.Cc1cccc(S(=O)(=O)O)c1C. The van der Waals surface area contributed by atoms with E-state index >= 15 is 0 Å². The summed E-state index contributed by atoms with van der Waals surface area (Å²) in [6.07, 6.45) is 10.1. The highest BCUT2D eigenvalue weighted by atomic mass is 32.2. The highest BCUT2D eigenvalue weighted by Crippen LogP contribution is 2.17. The largest absolute Gasteiger partial charge is 0.481 e. The fourth-order valence-electron chi connectivity index (χ4n) is 2.41. The van der Waals surface area contributed by atoms with Crippen LogP contribution in [0.2, 0.25) is 0 Å². The predicted molar refractivity (Wildman–Crippen MR) is 101 cm³/mol. The first-order valence-electron chi connectivity index (χ1n) is 8.95. The van der Waals surface area contributed by atoms with Crippen LogP contribution in [0.3, 0.4) is 0 Å². The van der Waals surface area contributed by atoms with E-state index in [1.807, 2.05) is 0 Å². The lowest BCUT2D eigenvalue weighted by molar-refractivity contribution is -0.137. The zero-order valence-corrected chi connectivity index (χ0v) is 16.4. The van der Waals surface area contributed by atoms with Crippen molar-refractivity contribution in [2.75, 3.05) is 0 Å². The maximum Gasteiger partial charge on any atom is 0.303 e. The summed E-state index contributed by atoms with van der Waals surface area (Å²) >= 11 is 0. The van der Waals surface area contributed by atoms with Gasteiger partial charge in [0.1, 0.15) is 0 Å². The van der Waals surface area contributed by atoms with E-state index in [0.29, 0.717) is 12.0 Å². The second kappa shape index (κ2) is 12.9. The molecule has 0 atom stereocenters. The third-order valence-corrected chi connectivity index (χ3v) is 5.08. The molecule has 0 aliphatic heterocycles. The fraction of sp³-hybridized carbons (Fsp3) is 0.632. The molecule has 0 aliphatic carbocycles. The van der Waals surface area contributed by atoms with Gasteiger partial charge < -0.3 is 5.11 Å². The summed E-state index contributed by atoms with van der Waals surface area (Å²) in [6, 6.07) is 4.78. The first kappa shape index (κ1) is 23.6. The van der Waals surface area contributed by atoms with E-state index in [9.17, 15) is 13.2 Å². The summed E-state index contributed by atoms with van der Waals surface area (Å²) in [5, 5.41) is 8.39. The average Bonchev–Trinajstić information content (AvgIpc) is 2.52. The first-order chi connectivity index (χ1) is 11.7. The molecule has 25 heavy (non-hydrogen) atoms. The molecule has 1 rings (SSSR count). The number of aliphatic carboxylic acids is 1. The zero-order chi connectivity index (χ0) is 19.3. The lowest BCUT2D eigenvalue weighted by atomic mass is 10.1. The lowest BCUT2D eigenvalue weighted by Crippen LogP contribution is -2.01. The second-order valence-corrected chi connectivity index (χ2v) is 7.68. The van der Waals surface area contributed by atoms with Crippen molar-refractivity contribution < 1.29 is 22.9 Å². The molecule has 0 spiro atoms. The summed E-state index contributed by atoms with van der Waals surface area (Å²) in [5.41, 5.74) is 1.45. The van der Waals surface area contributed by atoms with Crippen molar-refractivity contribution >= 4 is 16.1 Å². The first-order valence-corrected chi connectivity index (χ1v) is 10.4. The molecular formula is C19H32O5S. The second-order valence-electron chi connectivity index (χ2n) is 6.29. The van der Waals surface area contributed by atoms with Crippen LogP contribution in [0.5, 0.6) is 0 Å². The van der Waals surface area contributed by atoms with E-state index in [1.165, 1.54) is 44.6 Å². The standard InChI is InChI=1S/C11H22O2.C8H10O3S/c1-2-3-4-5-6-7-8-9-10-11(12)13;1-6-4-3-5-8(7(6)2)12(9,10)11/h2-10H2,1H3,(H,12,13);3-5H,1-2H3,(H,9,10,11). The number of hydrogen-bond donors (Lipinski definition) is 2. The van der Waals surface area contributed by atoms with Crippen LogP contribution in [0.25, 0.3) is 0 Å². The lowest BCUT2D eigenvalue weighted by Gasteiger charge is -2.03. The molecule has 0 heterocycles. The summed E-state index contributed by atoms with van der Waals surface area (Å²) in [7, 11) is -4.06. The maximum atomic E-state index is 10.8. The molecule has 0 saturated heterocycles. The van der Waals surface area contributed by atoms with Gasteiger partial charge in [-0.15, -0.1) is 0 Å². The highest BCUT2D eigenvalue weighted by Gasteiger charge is 2.12. The number of carboxylic acids is 1. The van der Waals surface area contributed by atoms with Gasteiger partial charge in [0.2, 0.25) is 0 Å². The number of aryl methyl sites for hydroxylation is 1. The van der Waals surface area contributed by atoms with Crippen molar-refractivity contribution in [3.05, 3.63) is 29.3 Å². The number of carbonyl (C=O) groups is 1. The van der Waals surface area contributed by atoms with E-state index in [2.05, 4.69) is 6.92 Å². The monoisotopic (exact) mass is 372 g/mol. The summed E-state index contributed by atoms with van der Waals surface area (Å²) < 4.78 is 30.3. The third kappa shape index (κ3) is 11.7. The van der Waals surface area contributed by atoms with E-state index in [4.69, 9.17) is 9.66 Å². The Morgan fingerprint density at radius 3 is 1.92 bits per heavy atom. The fourth-order valence-corrected chi connectivity index (χ4v) is 3.21. The van der Waals surface area contributed by atoms with Crippen LogP contribution in [0, 0.1) is 13.8 Å². The van der Waals surface area contributed by atoms with Gasteiger partial charge in [0, 0.05) is 6.42 Å². The van der Waals surface area contributed by atoms with Gasteiger partial charge in [-0.05, 0) is 37.5 Å². The molecule has 0 bridgehead atoms. The Morgan fingerprint density at radius 1 is 0.960 bits per heavy atom. The Hall–Kier alpha value is -1.40. The predicted octanol–water partition coefficient (Wildman–Crippen LogP) is 5.15. The molecule has 1 aromatic carbocycles. The van der Waals surface area contributed by atoms with Crippen LogP contribution in [0.1, 0.15) is 75.8 Å². The Labute approximate surface area is 152 Å². The van der Waals surface area contributed by atoms with Crippen molar-refractivity contribution in [1.82, 2.24) is 0 Å². The zero-order valence-electron chi connectivity index (χ0n) is 15.6. The van der Waals surface area contributed by atoms with Gasteiger partial charge in [-0.25, -0.2) is 0 Å². The van der Waals surface area contributed by atoms with Gasteiger partial charge in [-0.2, -0.15) is 8.42 Å². The average molecular weight is 373 g/mol. The molecule has 0 amide bonds. The van der Waals surface area contributed by atoms with Gasteiger partial charge in [-0.1, -0.05) is 64.0 Å². The molecule has 0 radical (unpaired) electrons. The molecule has 5 nitrogen and oxygen atoms in total. The van der Waals surface area contributed by atoms with Crippen LogP contribution in [0.15, 0.2) is 23.1 Å². The highest BCUT2D eigenvalue weighted by molar-refractivity contribution is 7.85. The minimum Gasteiger partial charge on any atom is -0.481 e.